The van der Waals surface area contributed by atoms with Gasteiger partial charge in [0, 0.05) is 30.1 Å². The van der Waals surface area contributed by atoms with Crippen LogP contribution in [0.15, 0.2) is 79.0 Å². The molecule has 0 unspecified atom stereocenters. The second kappa shape index (κ2) is 10.0. The van der Waals surface area contributed by atoms with E-state index in [2.05, 4.69) is 20.6 Å². The Kier molecular flexibility index (Phi) is 6.96. The molecule has 0 aliphatic heterocycles. The smallest absolute Gasteiger partial charge is 0.356 e. The number of halogens is 1. The first-order valence-corrected chi connectivity index (χ1v) is 9.09. The number of rotatable bonds is 7. The van der Waals surface area contributed by atoms with Crippen LogP contribution in [-0.2, 0) is 9.53 Å². The van der Waals surface area contributed by atoms with Gasteiger partial charge in [-0.05, 0) is 18.2 Å². The maximum absolute atomic E-state index is 12.3. The predicted molar refractivity (Wildman–Crippen MR) is 111 cm³/mol. The second-order valence-corrected chi connectivity index (χ2v) is 6.28. The van der Waals surface area contributed by atoms with Crippen LogP contribution in [0.1, 0.15) is 10.4 Å². The quantitative estimate of drug-likeness (QED) is 0.439. The molecule has 8 nitrogen and oxygen atoms in total. The molecule has 0 radical (unpaired) electrons. The number of pyridine rings is 2. The third kappa shape index (κ3) is 5.79. The van der Waals surface area contributed by atoms with Crippen molar-refractivity contribution in [3.05, 3.63) is 89.6 Å². The number of carbonyl (C=O) groups excluding carboxylic acids is 2. The van der Waals surface area contributed by atoms with Crippen LogP contribution in [0.4, 0.5) is 5.69 Å². The van der Waals surface area contributed by atoms with E-state index in [9.17, 15) is 9.59 Å². The van der Waals surface area contributed by atoms with Crippen LogP contribution >= 0.6 is 11.6 Å². The van der Waals surface area contributed by atoms with Crippen LogP contribution in [-0.4, -0.2) is 29.0 Å². The topological polar surface area (TPSA) is 102 Å². The van der Waals surface area contributed by atoms with Gasteiger partial charge in [-0.1, -0.05) is 29.8 Å². The molecule has 3 rings (SSSR count). The fraction of sp³-hybridized carbons (Fsp3) is 0.0476. The molecule has 1 amide bonds. The number of hydrogen-bond donors (Lipinski definition) is 2. The SMILES string of the molecule is COC(=O)/C(=C\Nc1ccc(Oc2cncc(Cl)c2)nc1)NC(=O)c1ccccc1. The number of methoxy groups -OCH3 is 1. The molecule has 30 heavy (non-hydrogen) atoms. The molecule has 152 valence electrons. The number of benzene rings is 1. The third-order valence-corrected chi connectivity index (χ3v) is 3.92. The lowest BCUT2D eigenvalue weighted by Gasteiger charge is -2.09. The number of anilines is 1. The van der Waals surface area contributed by atoms with E-state index in [-0.39, 0.29) is 5.70 Å². The third-order valence-electron chi connectivity index (χ3n) is 3.71. The number of esters is 1. The molecule has 0 saturated carbocycles. The molecule has 0 saturated heterocycles. The molecule has 2 aromatic heterocycles. The molecule has 3 aromatic rings. The van der Waals surface area contributed by atoms with E-state index in [0.29, 0.717) is 27.9 Å². The minimum Gasteiger partial charge on any atom is -0.464 e. The van der Waals surface area contributed by atoms with Gasteiger partial charge >= 0.3 is 5.97 Å². The largest absolute Gasteiger partial charge is 0.464 e. The molecule has 0 spiro atoms. The Morgan fingerprint density at radius 3 is 2.53 bits per heavy atom. The van der Waals surface area contributed by atoms with E-state index in [4.69, 9.17) is 21.1 Å². The maximum Gasteiger partial charge on any atom is 0.356 e. The molecule has 0 aliphatic carbocycles. The summed E-state index contributed by atoms with van der Waals surface area (Å²) < 4.78 is 10.3. The van der Waals surface area contributed by atoms with Crippen molar-refractivity contribution in [2.24, 2.45) is 0 Å². The van der Waals surface area contributed by atoms with Crippen molar-refractivity contribution in [1.82, 2.24) is 15.3 Å². The summed E-state index contributed by atoms with van der Waals surface area (Å²) in [7, 11) is 1.23. The van der Waals surface area contributed by atoms with Gasteiger partial charge in [0.05, 0.1) is 30.2 Å². The second-order valence-electron chi connectivity index (χ2n) is 5.84. The Morgan fingerprint density at radius 1 is 1.07 bits per heavy atom. The number of amides is 1. The van der Waals surface area contributed by atoms with Crippen molar-refractivity contribution in [1.29, 1.82) is 0 Å². The number of ether oxygens (including phenoxy) is 2. The summed E-state index contributed by atoms with van der Waals surface area (Å²) >= 11 is 5.87. The number of nitrogens with one attached hydrogen (secondary N) is 2. The normalized spacial score (nSPS) is 10.8. The van der Waals surface area contributed by atoms with Gasteiger partial charge in [-0.3, -0.25) is 9.78 Å². The van der Waals surface area contributed by atoms with E-state index >= 15 is 0 Å². The Hall–Kier alpha value is -3.91. The number of carbonyl (C=O) groups is 2. The van der Waals surface area contributed by atoms with Gasteiger partial charge in [0.2, 0.25) is 5.88 Å². The summed E-state index contributed by atoms with van der Waals surface area (Å²) in [5.74, 6) is -0.356. The molecule has 2 heterocycles. The Labute approximate surface area is 177 Å². The lowest BCUT2D eigenvalue weighted by atomic mass is 10.2. The average Bonchev–Trinajstić information content (AvgIpc) is 2.77. The first-order valence-electron chi connectivity index (χ1n) is 8.71. The van der Waals surface area contributed by atoms with Crippen molar-refractivity contribution < 1.29 is 19.1 Å². The van der Waals surface area contributed by atoms with Gasteiger partial charge in [0.15, 0.2) is 0 Å². The zero-order chi connectivity index (χ0) is 21.3. The van der Waals surface area contributed by atoms with Crippen LogP contribution in [0.25, 0.3) is 0 Å². The molecule has 0 atom stereocenters. The van der Waals surface area contributed by atoms with Crippen molar-refractivity contribution in [3.63, 3.8) is 0 Å². The standard InChI is InChI=1S/C21H17ClN4O4/c1-29-21(28)18(26-20(27)14-5-3-2-4-6-14)13-24-16-7-8-19(25-11-16)30-17-9-15(22)10-23-12-17/h2-13,24H,1H3,(H,26,27)/b18-13+. The van der Waals surface area contributed by atoms with E-state index in [1.807, 2.05) is 0 Å². The minimum atomic E-state index is -0.701. The fourth-order valence-corrected chi connectivity index (χ4v) is 2.45. The Bertz CT molecular complexity index is 1060. The number of nitrogens with zero attached hydrogens (tertiary/aromatic N) is 2. The summed E-state index contributed by atoms with van der Waals surface area (Å²) in [5, 5.41) is 5.86. The van der Waals surface area contributed by atoms with E-state index in [0.717, 1.165) is 0 Å². The highest BCUT2D eigenvalue weighted by Gasteiger charge is 2.14. The van der Waals surface area contributed by atoms with E-state index in [1.54, 1.807) is 48.5 Å². The van der Waals surface area contributed by atoms with Crippen LogP contribution < -0.4 is 15.4 Å². The first kappa shape index (κ1) is 20.8. The average molecular weight is 425 g/mol. The molecule has 1 aromatic carbocycles. The summed E-state index contributed by atoms with van der Waals surface area (Å²) in [6.45, 7) is 0. The predicted octanol–water partition coefficient (Wildman–Crippen LogP) is 3.78. The van der Waals surface area contributed by atoms with E-state index < -0.39 is 11.9 Å². The van der Waals surface area contributed by atoms with Gasteiger partial charge in [0.25, 0.3) is 5.91 Å². The van der Waals surface area contributed by atoms with Crippen LogP contribution in [0.5, 0.6) is 11.6 Å². The number of hydrogen-bond acceptors (Lipinski definition) is 7. The molecule has 2 N–H and O–H groups in total. The summed E-state index contributed by atoms with van der Waals surface area (Å²) in [6, 6.07) is 13.4. The molecule has 9 heteroatoms. The van der Waals surface area contributed by atoms with Crippen LogP contribution in [0.2, 0.25) is 5.02 Å². The monoisotopic (exact) mass is 424 g/mol. The van der Waals surface area contributed by atoms with Gasteiger partial charge in [-0.15, -0.1) is 0 Å². The van der Waals surface area contributed by atoms with Gasteiger partial charge in [0.1, 0.15) is 11.4 Å². The lowest BCUT2D eigenvalue weighted by molar-refractivity contribution is -0.136. The van der Waals surface area contributed by atoms with Gasteiger partial charge in [-0.25, -0.2) is 9.78 Å². The van der Waals surface area contributed by atoms with Crippen molar-refractivity contribution >= 4 is 29.2 Å². The molecular formula is C21H17ClN4O4. The van der Waals surface area contributed by atoms with Crippen LogP contribution in [0, 0.1) is 0 Å². The molecule has 0 aliphatic rings. The zero-order valence-corrected chi connectivity index (χ0v) is 16.6. The van der Waals surface area contributed by atoms with E-state index in [1.165, 1.54) is 31.9 Å². The highest BCUT2D eigenvalue weighted by Crippen LogP contribution is 2.22. The van der Waals surface area contributed by atoms with Crippen LogP contribution in [0.3, 0.4) is 0 Å². The zero-order valence-electron chi connectivity index (χ0n) is 15.8. The maximum atomic E-state index is 12.3. The molecule has 0 fully saturated rings. The first-order chi connectivity index (χ1) is 14.5. The van der Waals surface area contributed by atoms with Crippen molar-refractivity contribution in [2.75, 3.05) is 12.4 Å². The summed E-state index contributed by atoms with van der Waals surface area (Å²) in [6.07, 6.45) is 5.83. The van der Waals surface area contributed by atoms with Crippen molar-refractivity contribution in [3.8, 4) is 11.6 Å². The minimum absolute atomic E-state index is 0.0586. The van der Waals surface area contributed by atoms with Gasteiger partial charge in [-0.2, -0.15) is 0 Å². The molecular weight excluding hydrogens is 408 g/mol. The highest BCUT2D eigenvalue weighted by atomic mass is 35.5. The highest BCUT2D eigenvalue weighted by molar-refractivity contribution is 6.30. The Balaban J connectivity index is 1.67. The fourth-order valence-electron chi connectivity index (χ4n) is 2.29. The lowest BCUT2D eigenvalue weighted by Crippen LogP contribution is -2.28. The number of aromatic nitrogens is 2. The summed E-state index contributed by atoms with van der Waals surface area (Å²) in [4.78, 5) is 32.4. The van der Waals surface area contributed by atoms with Crippen molar-refractivity contribution in [2.45, 2.75) is 0 Å². The summed E-state index contributed by atoms with van der Waals surface area (Å²) in [5.41, 5.74) is 0.907. The Morgan fingerprint density at radius 2 is 1.87 bits per heavy atom. The molecule has 0 bridgehead atoms. The van der Waals surface area contributed by atoms with Gasteiger partial charge < -0.3 is 20.1 Å².